The van der Waals surface area contributed by atoms with Gasteiger partial charge in [0.25, 0.3) is 0 Å². The molecule has 0 saturated carbocycles. The summed E-state index contributed by atoms with van der Waals surface area (Å²) in [6.45, 7) is 2.82. The molecule has 3 N–H and O–H groups in total. The van der Waals surface area contributed by atoms with Crippen LogP contribution in [-0.4, -0.2) is 23.6 Å². The summed E-state index contributed by atoms with van der Waals surface area (Å²) in [6, 6.07) is 1.94. The highest BCUT2D eigenvalue weighted by atomic mass is 79.9. The summed E-state index contributed by atoms with van der Waals surface area (Å²) < 4.78 is 0.707. The zero-order valence-electron chi connectivity index (χ0n) is 8.71. The van der Waals surface area contributed by atoms with E-state index in [9.17, 15) is 0 Å². The number of hydrogen-bond donors (Lipinski definition) is 2. The van der Waals surface area contributed by atoms with Gasteiger partial charge in [-0.25, -0.2) is 10.4 Å². The largest absolute Gasteiger partial charge is 0.397 e. The first-order valence-electron chi connectivity index (χ1n) is 4.68. The summed E-state index contributed by atoms with van der Waals surface area (Å²) in [7, 11) is 1.97. The Bertz CT molecular complexity index is 428. The number of halogens is 1. The predicted octanol–water partition coefficient (Wildman–Crippen LogP) is 1.53. The van der Waals surface area contributed by atoms with Crippen LogP contribution in [0, 0.1) is 6.92 Å². The van der Waals surface area contributed by atoms with Gasteiger partial charge in [-0.3, -0.25) is 0 Å². The molecule has 0 unspecified atom stereocenters. The van der Waals surface area contributed by atoms with Crippen molar-refractivity contribution in [3.63, 3.8) is 0 Å². The number of aryl methyl sites for hydroxylation is 1. The number of nitrogen functional groups attached to an aromatic ring is 1. The van der Waals surface area contributed by atoms with Gasteiger partial charge >= 0.3 is 0 Å². The van der Waals surface area contributed by atoms with E-state index in [1.54, 1.807) is 0 Å². The number of aromatic nitrogens is 1. The van der Waals surface area contributed by atoms with E-state index in [-0.39, 0.29) is 0 Å². The van der Waals surface area contributed by atoms with Gasteiger partial charge in [0.05, 0.1) is 11.4 Å². The second-order valence-electron chi connectivity index (χ2n) is 3.63. The fourth-order valence-corrected chi connectivity index (χ4v) is 1.91. The first-order valence-corrected chi connectivity index (χ1v) is 5.47. The molecule has 2 rings (SSSR count). The van der Waals surface area contributed by atoms with Crippen molar-refractivity contribution in [3.8, 4) is 0 Å². The molecule has 0 spiro atoms. The molecule has 0 atom stereocenters. The molecule has 80 valence electrons. The quantitative estimate of drug-likeness (QED) is 0.759. The molecule has 2 heterocycles. The van der Waals surface area contributed by atoms with Gasteiger partial charge in [0.2, 0.25) is 0 Å². The third-order valence-electron chi connectivity index (χ3n) is 2.37. The molecule has 0 radical (unpaired) electrons. The van der Waals surface area contributed by atoms with Crippen molar-refractivity contribution in [1.29, 1.82) is 0 Å². The van der Waals surface area contributed by atoms with E-state index >= 15 is 0 Å². The van der Waals surface area contributed by atoms with E-state index in [1.807, 2.05) is 31.2 Å². The minimum Gasteiger partial charge on any atom is -0.397 e. The van der Waals surface area contributed by atoms with Crippen molar-refractivity contribution < 1.29 is 0 Å². The minimum absolute atomic E-state index is 0.677. The highest BCUT2D eigenvalue weighted by molar-refractivity contribution is 9.10. The molecule has 0 saturated heterocycles. The maximum absolute atomic E-state index is 5.76. The van der Waals surface area contributed by atoms with Gasteiger partial charge in [-0.05, 0) is 34.5 Å². The first-order chi connectivity index (χ1) is 7.08. The zero-order valence-corrected chi connectivity index (χ0v) is 10.3. The maximum Gasteiger partial charge on any atom is 0.129 e. The van der Waals surface area contributed by atoms with Gasteiger partial charge in [0, 0.05) is 25.4 Å². The topological polar surface area (TPSA) is 54.2 Å². The molecular formula is C10H13BrN4. The molecular weight excluding hydrogens is 256 g/mol. The number of rotatable bonds is 1. The average molecular weight is 269 g/mol. The fourth-order valence-electron chi connectivity index (χ4n) is 1.62. The van der Waals surface area contributed by atoms with Crippen LogP contribution in [0.2, 0.25) is 0 Å². The molecule has 4 nitrogen and oxygen atoms in total. The van der Waals surface area contributed by atoms with Gasteiger partial charge in [-0.1, -0.05) is 0 Å². The van der Waals surface area contributed by atoms with Crippen molar-refractivity contribution in [2.24, 2.45) is 0 Å². The summed E-state index contributed by atoms with van der Waals surface area (Å²) in [5, 5.41) is 1.93. The molecule has 0 aliphatic carbocycles. The van der Waals surface area contributed by atoms with Crippen LogP contribution in [0.1, 0.15) is 11.3 Å². The lowest BCUT2D eigenvalue weighted by Crippen LogP contribution is -2.23. The van der Waals surface area contributed by atoms with E-state index in [0.29, 0.717) is 10.3 Å². The van der Waals surface area contributed by atoms with Crippen LogP contribution in [0.15, 0.2) is 16.9 Å². The second-order valence-corrected chi connectivity index (χ2v) is 4.39. The lowest BCUT2D eigenvalue weighted by molar-refractivity contribution is 0.374. The van der Waals surface area contributed by atoms with Crippen molar-refractivity contribution in [3.05, 3.63) is 28.1 Å². The van der Waals surface area contributed by atoms with Crippen LogP contribution in [0.3, 0.4) is 0 Å². The van der Waals surface area contributed by atoms with Crippen molar-refractivity contribution in [2.45, 2.75) is 6.92 Å². The van der Waals surface area contributed by atoms with Gasteiger partial charge in [-0.15, -0.1) is 0 Å². The summed E-state index contributed by atoms with van der Waals surface area (Å²) in [6.07, 6.45) is 2.04. The Morgan fingerprint density at radius 2 is 2.33 bits per heavy atom. The molecule has 1 aliphatic heterocycles. The van der Waals surface area contributed by atoms with Crippen LogP contribution in [0.5, 0.6) is 0 Å². The fraction of sp³-hybridized carbons (Fsp3) is 0.300. The Morgan fingerprint density at radius 3 is 2.93 bits per heavy atom. The first kappa shape index (κ1) is 10.4. The smallest absolute Gasteiger partial charge is 0.129 e. The molecule has 1 aromatic rings. The number of nitrogens with one attached hydrogen (secondary N) is 1. The third-order valence-corrected chi connectivity index (χ3v) is 3.00. The normalized spacial score (nSPS) is 15.7. The molecule has 0 bridgehead atoms. The lowest BCUT2D eigenvalue weighted by atomic mass is 10.1. The number of hydrazine groups is 1. The maximum atomic E-state index is 5.76. The van der Waals surface area contributed by atoms with Crippen LogP contribution in [0.25, 0.3) is 5.57 Å². The van der Waals surface area contributed by atoms with E-state index in [4.69, 9.17) is 5.73 Å². The Labute approximate surface area is 97.3 Å². The molecule has 0 fully saturated rings. The summed E-state index contributed by atoms with van der Waals surface area (Å²) in [4.78, 5) is 4.45. The standard InChI is InChI=1S/C10H13BrN4/c1-6-3-8(12)10(11)14-9(6)7-4-13-15(2)5-7/h3,5,13H,4,12H2,1-2H3. The van der Waals surface area contributed by atoms with Gasteiger partial charge in [0.15, 0.2) is 0 Å². The molecule has 0 aromatic carbocycles. The third kappa shape index (κ3) is 1.98. The van der Waals surface area contributed by atoms with Crippen LogP contribution < -0.4 is 11.2 Å². The second kappa shape index (κ2) is 3.83. The molecule has 0 amide bonds. The van der Waals surface area contributed by atoms with Gasteiger partial charge in [-0.2, -0.15) is 0 Å². The SMILES string of the molecule is Cc1cc(N)c(Br)nc1C1=CN(C)NC1. The number of nitrogens with zero attached hydrogens (tertiary/aromatic N) is 2. The van der Waals surface area contributed by atoms with Crippen LogP contribution in [-0.2, 0) is 0 Å². The average Bonchev–Trinajstić information content (AvgIpc) is 2.58. The highest BCUT2D eigenvalue weighted by Gasteiger charge is 2.14. The van der Waals surface area contributed by atoms with E-state index in [0.717, 1.165) is 17.8 Å². The Morgan fingerprint density at radius 1 is 1.60 bits per heavy atom. The monoisotopic (exact) mass is 268 g/mol. The van der Waals surface area contributed by atoms with Crippen molar-refractivity contribution in [2.75, 3.05) is 19.3 Å². The molecule has 15 heavy (non-hydrogen) atoms. The van der Waals surface area contributed by atoms with Crippen molar-refractivity contribution >= 4 is 27.2 Å². The predicted molar refractivity (Wildman–Crippen MR) is 64.8 cm³/mol. The molecule has 1 aromatic heterocycles. The van der Waals surface area contributed by atoms with Crippen LogP contribution >= 0.6 is 15.9 Å². The Hall–Kier alpha value is -1.07. The lowest BCUT2D eigenvalue weighted by Gasteiger charge is -2.07. The summed E-state index contributed by atoms with van der Waals surface area (Å²) >= 11 is 3.35. The van der Waals surface area contributed by atoms with E-state index < -0.39 is 0 Å². The highest BCUT2D eigenvalue weighted by Crippen LogP contribution is 2.25. The van der Waals surface area contributed by atoms with Crippen molar-refractivity contribution in [1.82, 2.24) is 15.4 Å². The van der Waals surface area contributed by atoms with Gasteiger partial charge < -0.3 is 10.7 Å². The van der Waals surface area contributed by atoms with Gasteiger partial charge in [0.1, 0.15) is 4.60 Å². The summed E-state index contributed by atoms with van der Waals surface area (Å²) in [5.74, 6) is 0. The minimum atomic E-state index is 0.677. The summed E-state index contributed by atoms with van der Waals surface area (Å²) in [5.41, 5.74) is 12.9. The number of pyridine rings is 1. The van der Waals surface area contributed by atoms with E-state index in [1.165, 1.54) is 5.57 Å². The Balaban J connectivity index is 2.45. The zero-order chi connectivity index (χ0) is 11.0. The van der Waals surface area contributed by atoms with Crippen LogP contribution in [0.4, 0.5) is 5.69 Å². The number of hydrogen-bond acceptors (Lipinski definition) is 4. The number of nitrogens with two attached hydrogens (primary N) is 1. The number of anilines is 1. The Kier molecular flexibility index (Phi) is 2.67. The molecule has 1 aliphatic rings. The van der Waals surface area contributed by atoms with E-state index in [2.05, 4.69) is 26.3 Å². The molecule has 5 heteroatoms.